The van der Waals surface area contributed by atoms with Gasteiger partial charge in [0, 0.05) is 7.05 Å². The molecule has 2 aliphatic carbocycles. The first-order valence-corrected chi connectivity index (χ1v) is 9.43. The van der Waals surface area contributed by atoms with Crippen molar-refractivity contribution in [2.75, 3.05) is 0 Å². The number of hydrogen-bond donors (Lipinski definition) is 0. The molecule has 5 heteroatoms. The predicted octanol–water partition coefficient (Wildman–Crippen LogP) is 1.46. The minimum Gasteiger partial charge on any atom is -0.761 e. The Balaban J connectivity index is 0.000000501. The van der Waals surface area contributed by atoms with Gasteiger partial charge >= 0.3 is 17.1 Å². The summed E-state index contributed by atoms with van der Waals surface area (Å²) >= 11 is 0. The Hall–Kier alpha value is -3.54. The van der Waals surface area contributed by atoms with Crippen molar-refractivity contribution >= 4 is 24.1 Å². The van der Waals surface area contributed by atoms with Gasteiger partial charge in [-0.15, -0.1) is 12.8 Å². The third-order valence-electron chi connectivity index (χ3n) is 4.42. The molecule has 0 saturated carbocycles. The molecule has 1 aromatic heterocycles. The summed E-state index contributed by atoms with van der Waals surface area (Å²) in [4.78, 5) is 4.17. The van der Waals surface area contributed by atoms with Crippen LogP contribution in [-0.4, -0.2) is 15.4 Å². The van der Waals surface area contributed by atoms with E-state index >= 15 is 0 Å². The Morgan fingerprint density at radius 2 is 1.65 bits per heavy atom. The second kappa shape index (κ2) is 12.2. The van der Waals surface area contributed by atoms with Crippen LogP contribution in [0.4, 0.5) is 0 Å². The van der Waals surface area contributed by atoms with Crippen molar-refractivity contribution in [3.05, 3.63) is 124 Å². The number of nitrogens with zero attached hydrogens (tertiary/aromatic N) is 4. The van der Waals surface area contributed by atoms with E-state index in [9.17, 15) is 0 Å². The summed E-state index contributed by atoms with van der Waals surface area (Å²) in [5.74, 6) is 2.00. The molecule has 2 aromatic rings. The number of rotatable bonds is 2. The Labute approximate surface area is 192 Å². The number of allylic oxidation sites excluding steroid dienone is 8. The smallest absolute Gasteiger partial charge is 0.761 e. The third kappa shape index (κ3) is 6.74. The molecule has 0 saturated heterocycles. The SMILES string of the molecule is Cn1c(=C=[N-])c(C#N)n/c1=C/C=c1ccc(=CC=C2C=CC=C2)cc1.[CH]1[CH][CH-]C=C1.[Fe+2]. The molecule has 1 heterocycles. The topological polar surface area (TPSA) is 63.9 Å². The summed E-state index contributed by atoms with van der Waals surface area (Å²) in [6, 6.07) is 10.1. The number of nitriles is 1. The van der Waals surface area contributed by atoms with Gasteiger partial charge in [0.25, 0.3) is 0 Å². The van der Waals surface area contributed by atoms with Crippen molar-refractivity contribution in [3.63, 3.8) is 0 Å². The Bertz CT molecular complexity index is 1300. The first-order chi connectivity index (χ1) is 14.7. The van der Waals surface area contributed by atoms with Gasteiger partial charge in [0.2, 0.25) is 0 Å². The molecule has 0 spiro atoms. The van der Waals surface area contributed by atoms with E-state index in [1.807, 2.05) is 85.8 Å². The van der Waals surface area contributed by atoms with Crippen LogP contribution in [0, 0.1) is 30.6 Å². The van der Waals surface area contributed by atoms with E-state index in [0.717, 1.165) is 10.4 Å². The van der Waals surface area contributed by atoms with E-state index in [2.05, 4.69) is 29.3 Å². The first kappa shape index (κ1) is 23.7. The van der Waals surface area contributed by atoms with E-state index < -0.39 is 0 Å². The van der Waals surface area contributed by atoms with Gasteiger partial charge in [0.1, 0.15) is 11.5 Å². The zero-order valence-electron chi connectivity index (χ0n) is 17.0. The molecule has 0 atom stereocenters. The number of aromatic nitrogens is 2. The van der Waals surface area contributed by atoms with Crippen molar-refractivity contribution in [1.29, 1.82) is 5.26 Å². The zero-order valence-corrected chi connectivity index (χ0v) is 18.1. The summed E-state index contributed by atoms with van der Waals surface area (Å²) in [6.07, 6.45) is 26.0. The van der Waals surface area contributed by atoms with Crippen molar-refractivity contribution in [1.82, 2.24) is 9.55 Å². The zero-order chi connectivity index (χ0) is 21.2. The van der Waals surface area contributed by atoms with Crippen LogP contribution in [-0.2, 0) is 24.1 Å². The number of benzene rings is 1. The van der Waals surface area contributed by atoms with Crippen LogP contribution in [0.25, 0.3) is 23.6 Å². The molecule has 31 heavy (non-hydrogen) atoms. The fraction of sp³-hybridized carbons (Fsp3) is 0.0385. The predicted molar refractivity (Wildman–Crippen MR) is 122 cm³/mol. The molecule has 0 N–H and O–H groups in total. The molecule has 0 amide bonds. The molecule has 0 fully saturated rings. The van der Waals surface area contributed by atoms with Gasteiger partial charge in [0.15, 0.2) is 5.69 Å². The molecule has 4 nitrogen and oxygen atoms in total. The van der Waals surface area contributed by atoms with Gasteiger partial charge in [-0.25, -0.2) is 29.4 Å². The summed E-state index contributed by atoms with van der Waals surface area (Å²) in [5.41, 5.74) is 1.91. The largest absolute Gasteiger partial charge is 2.00 e. The fourth-order valence-corrected chi connectivity index (χ4v) is 2.77. The summed E-state index contributed by atoms with van der Waals surface area (Å²) in [6.45, 7) is 0. The van der Waals surface area contributed by atoms with Crippen LogP contribution in [0.3, 0.4) is 0 Å². The first-order valence-electron chi connectivity index (χ1n) is 9.43. The Kier molecular flexibility index (Phi) is 9.36. The van der Waals surface area contributed by atoms with Crippen LogP contribution in [0.2, 0.25) is 0 Å². The Morgan fingerprint density at radius 3 is 2.10 bits per heavy atom. The Morgan fingerprint density at radius 1 is 1.00 bits per heavy atom. The third-order valence-corrected chi connectivity index (χ3v) is 4.42. The molecule has 2 aliphatic rings. The molecule has 0 bridgehead atoms. The van der Waals surface area contributed by atoms with Crippen LogP contribution >= 0.6 is 0 Å². The van der Waals surface area contributed by atoms with E-state index in [1.165, 1.54) is 5.57 Å². The van der Waals surface area contributed by atoms with Gasteiger partial charge in [0.05, 0.1) is 5.35 Å². The monoisotopic (exact) mass is 444 g/mol. The normalized spacial score (nSPS) is 13.4. The van der Waals surface area contributed by atoms with E-state index in [0.29, 0.717) is 5.48 Å². The minimum absolute atomic E-state index is 0. The molecule has 0 aliphatic heterocycles. The van der Waals surface area contributed by atoms with E-state index in [1.54, 1.807) is 17.7 Å². The van der Waals surface area contributed by atoms with Crippen molar-refractivity contribution < 1.29 is 17.1 Å². The quantitative estimate of drug-likeness (QED) is 0.400. The standard InChI is InChI=1S/C21H15N4.C5H5.Fe/c1-25-20(15-23)19(14-22)24-21(25)13-12-18-10-8-17(9-11-18)7-6-16-4-2-3-5-16;1-2-4-5-3-1;/h2-13H,1H3;1-5H;/q2*-1;+2/b17-7?,18-12?,21-13-;;. The molecule has 1 aromatic carbocycles. The minimum atomic E-state index is 0. The maximum absolute atomic E-state index is 9.09. The van der Waals surface area contributed by atoms with Gasteiger partial charge in [-0.2, -0.15) is 5.26 Å². The van der Waals surface area contributed by atoms with E-state index in [-0.39, 0.29) is 28.1 Å². The van der Waals surface area contributed by atoms with Crippen LogP contribution < -0.4 is 21.3 Å². The van der Waals surface area contributed by atoms with Gasteiger partial charge in [-0.05, 0) is 22.1 Å². The number of imidazole rings is 1. The van der Waals surface area contributed by atoms with Crippen molar-refractivity contribution in [2.45, 2.75) is 0 Å². The summed E-state index contributed by atoms with van der Waals surface area (Å²) < 4.78 is 1.62. The molecular weight excluding hydrogens is 424 g/mol. The van der Waals surface area contributed by atoms with Crippen LogP contribution in [0.15, 0.2) is 72.4 Å². The molecule has 0 unspecified atom stereocenters. The molecule has 4 rings (SSSR count). The molecule has 152 valence electrons. The second-order valence-electron chi connectivity index (χ2n) is 6.46. The van der Waals surface area contributed by atoms with Crippen LogP contribution in [0.1, 0.15) is 5.69 Å². The fourth-order valence-electron chi connectivity index (χ4n) is 2.77. The van der Waals surface area contributed by atoms with Gasteiger partial charge in [-0.1, -0.05) is 66.8 Å². The van der Waals surface area contributed by atoms with Crippen LogP contribution in [0.5, 0.6) is 0 Å². The molecular formula is C26H20FeN4. The van der Waals surface area contributed by atoms with E-state index in [4.69, 9.17) is 10.7 Å². The average Bonchev–Trinajstić information content (AvgIpc) is 3.55. The number of hydrogen-bond acceptors (Lipinski definition) is 2. The maximum Gasteiger partial charge on any atom is 2.00 e. The maximum atomic E-state index is 9.09. The van der Waals surface area contributed by atoms with Gasteiger partial charge < -0.3 is 9.98 Å². The summed E-state index contributed by atoms with van der Waals surface area (Å²) in [7, 11) is 1.73. The average molecular weight is 444 g/mol. The second-order valence-corrected chi connectivity index (χ2v) is 6.46. The molecule has 2 radical (unpaired) electrons. The van der Waals surface area contributed by atoms with Crippen molar-refractivity contribution in [3.8, 4) is 6.07 Å². The van der Waals surface area contributed by atoms with Crippen molar-refractivity contribution in [2.24, 2.45) is 7.05 Å². The van der Waals surface area contributed by atoms with Gasteiger partial charge in [-0.3, -0.25) is 0 Å². The summed E-state index contributed by atoms with van der Waals surface area (Å²) in [5, 5.41) is 20.5.